The third-order valence-corrected chi connectivity index (χ3v) is 8.21. The van der Waals surface area contributed by atoms with Crippen LogP contribution in [0.5, 0.6) is 0 Å². The summed E-state index contributed by atoms with van der Waals surface area (Å²) in [5.41, 5.74) is 2.62. The first-order valence-electron chi connectivity index (χ1n) is 11.2. The number of hydrogen-bond acceptors (Lipinski definition) is 6. The quantitative estimate of drug-likeness (QED) is 0.336. The van der Waals surface area contributed by atoms with Gasteiger partial charge in [0, 0.05) is 44.0 Å². The Bertz CT molecular complexity index is 1530. The molecule has 3 aromatic heterocycles. The minimum atomic E-state index is -3.78. The number of fused-ring (bicyclic) bond motifs is 1. The minimum Gasteiger partial charge on any atom is -0.345 e. The van der Waals surface area contributed by atoms with Gasteiger partial charge in [0.25, 0.3) is 11.7 Å². The Morgan fingerprint density at radius 2 is 1.69 bits per heavy atom. The fourth-order valence-electron chi connectivity index (χ4n) is 4.46. The number of hydrogen-bond donors (Lipinski definition) is 1. The van der Waals surface area contributed by atoms with Crippen molar-refractivity contribution in [3.8, 4) is 5.69 Å². The van der Waals surface area contributed by atoms with E-state index in [2.05, 4.69) is 15.1 Å². The summed E-state index contributed by atoms with van der Waals surface area (Å²) in [7, 11) is -3.78. The van der Waals surface area contributed by atoms with Crippen LogP contribution >= 0.6 is 0 Å². The van der Waals surface area contributed by atoms with Crippen molar-refractivity contribution in [1.29, 1.82) is 0 Å². The molecule has 1 fully saturated rings. The molecule has 11 heteroatoms. The number of nitrogens with one attached hydrogen (secondary N) is 1. The molecule has 1 aliphatic heterocycles. The summed E-state index contributed by atoms with van der Waals surface area (Å²) < 4.78 is 29.4. The molecule has 1 N–H and O–H groups in total. The van der Waals surface area contributed by atoms with Crippen LogP contribution in [0.3, 0.4) is 0 Å². The van der Waals surface area contributed by atoms with Gasteiger partial charge in [-0.3, -0.25) is 9.59 Å². The molecule has 10 nitrogen and oxygen atoms in total. The predicted molar refractivity (Wildman–Crippen MR) is 129 cm³/mol. The van der Waals surface area contributed by atoms with Crippen molar-refractivity contribution in [2.75, 3.05) is 26.2 Å². The molecule has 0 aliphatic carbocycles. The third kappa shape index (κ3) is 3.92. The van der Waals surface area contributed by atoms with Crippen molar-refractivity contribution in [3.05, 3.63) is 71.8 Å². The highest BCUT2D eigenvalue weighted by Gasteiger charge is 2.35. The number of H-pyrrole nitrogens is 1. The fraction of sp³-hybridized carbons (Fsp3) is 0.250. The van der Waals surface area contributed by atoms with E-state index in [-0.39, 0.29) is 36.6 Å². The number of pyridine rings is 1. The number of nitrogens with zero attached hydrogens (tertiary/aromatic N) is 5. The zero-order chi connectivity index (χ0) is 24.7. The normalized spacial score (nSPS) is 15.0. The number of aryl methyl sites for hydroxylation is 1. The monoisotopic (exact) mass is 492 g/mol. The van der Waals surface area contributed by atoms with E-state index < -0.39 is 21.7 Å². The first-order chi connectivity index (χ1) is 16.8. The van der Waals surface area contributed by atoms with Crippen LogP contribution in [0, 0.1) is 13.8 Å². The average molecular weight is 493 g/mol. The zero-order valence-electron chi connectivity index (χ0n) is 19.3. The van der Waals surface area contributed by atoms with Crippen LogP contribution < -0.4 is 0 Å². The van der Waals surface area contributed by atoms with E-state index in [1.165, 1.54) is 15.4 Å². The highest BCUT2D eigenvalue weighted by atomic mass is 32.2. The number of para-hydroxylation sites is 1. The zero-order valence-corrected chi connectivity index (χ0v) is 20.1. The van der Waals surface area contributed by atoms with Crippen molar-refractivity contribution in [1.82, 2.24) is 29.0 Å². The van der Waals surface area contributed by atoms with Crippen LogP contribution in [-0.2, 0) is 14.8 Å². The van der Waals surface area contributed by atoms with Crippen molar-refractivity contribution in [2.45, 2.75) is 18.7 Å². The predicted octanol–water partition coefficient (Wildman–Crippen LogP) is 2.08. The summed E-state index contributed by atoms with van der Waals surface area (Å²) in [4.78, 5) is 34.8. The molecule has 0 saturated carbocycles. The molecule has 0 radical (unpaired) electrons. The lowest BCUT2D eigenvalue weighted by molar-refractivity contribution is -0.127. The van der Waals surface area contributed by atoms with Gasteiger partial charge >= 0.3 is 0 Å². The van der Waals surface area contributed by atoms with Gasteiger partial charge in [0.15, 0.2) is 0 Å². The number of Topliss-reactive ketones (excluding diaryl/α,β-unsaturated/α-hetero) is 1. The van der Waals surface area contributed by atoms with Gasteiger partial charge in [-0.05, 0) is 38.1 Å². The van der Waals surface area contributed by atoms with Gasteiger partial charge in [0.1, 0.15) is 10.5 Å². The second kappa shape index (κ2) is 8.75. The van der Waals surface area contributed by atoms with Crippen LogP contribution in [0.4, 0.5) is 0 Å². The number of ketones is 1. The molecule has 1 saturated heterocycles. The minimum absolute atomic E-state index is 0.0928. The summed E-state index contributed by atoms with van der Waals surface area (Å²) in [6.07, 6.45) is 3.02. The van der Waals surface area contributed by atoms with E-state index >= 15 is 0 Å². The van der Waals surface area contributed by atoms with E-state index in [1.54, 1.807) is 36.9 Å². The molecule has 4 heterocycles. The molecule has 1 aromatic carbocycles. The number of carbonyl (C=O) groups excluding carboxylic acids is 2. The Balaban J connectivity index is 1.32. The molecule has 0 bridgehead atoms. The van der Waals surface area contributed by atoms with Gasteiger partial charge in [0.05, 0.1) is 22.6 Å². The second-order valence-corrected chi connectivity index (χ2v) is 10.3. The van der Waals surface area contributed by atoms with Crippen LogP contribution in [0.15, 0.2) is 59.8 Å². The van der Waals surface area contributed by atoms with Crippen LogP contribution in [0.25, 0.3) is 16.7 Å². The summed E-state index contributed by atoms with van der Waals surface area (Å²) >= 11 is 0. The summed E-state index contributed by atoms with van der Waals surface area (Å²) in [6, 6.07) is 12.8. The van der Waals surface area contributed by atoms with E-state index in [0.717, 1.165) is 5.69 Å². The van der Waals surface area contributed by atoms with E-state index in [1.807, 2.05) is 30.3 Å². The van der Waals surface area contributed by atoms with E-state index in [4.69, 9.17) is 0 Å². The Morgan fingerprint density at radius 3 is 2.40 bits per heavy atom. The lowest BCUT2D eigenvalue weighted by atomic mass is 10.1. The molecular weight excluding hydrogens is 468 g/mol. The topological polar surface area (TPSA) is 121 Å². The van der Waals surface area contributed by atoms with Crippen LogP contribution in [-0.4, -0.2) is 75.2 Å². The van der Waals surface area contributed by atoms with Gasteiger partial charge in [-0.25, -0.2) is 18.1 Å². The lowest BCUT2D eigenvalue weighted by Crippen LogP contribution is -2.52. The maximum absolute atomic E-state index is 13.2. The molecule has 1 amide bonds. The largest absolute Gasteiger partial charge is 0.345 e. The number of rotatable bonds is 5. The average Bonchev–Trinajstić information content (AvgIpc) is 3.44. The van der Waals surface area contributed by atoms with Crippen LogP contribution in [0.1, 0.15) is 21.7 Å². The maximum Gasteiger partial charge on any atom is 0.295 e. The Hall–Kier alpha value is -3.83. The molecule has 0 unspecified atom stereocenters. The van der Waals surface area contributed by atoms with Crippen molar-refractivity contribution < 1.29 is 18.0 Å². The first kappa shape index (κ1) is 22.9. The fourth-order valence-corrected chi connectivity index (χ4v) is 6.03. The Labute approximate surface area is 202 Å². The number of benzene rings is 1. The molecule has 0 spiro atoms. The first-order valence-corrected chi connectivity index (χ1v) is 12.6. The number of amides is 1. The van der Waals surface area contributed by atoms with Gasteiger partial charge in [-0.1, -0.05) is 18.2 Å². The van der Waals surface area contributed by atoms with Crippen molar-refractivity contribution in [2.24, 2.45) is 0 Å². The van der Waals surface area contributed by atoms with Crippen molar-refractivity contribution >= 4 is 32.7 Å². The maximum atomic E-state index is 13.2. The molecule has 0 atom stereocenters. The smallest absolute Gasteiger partial charge is 0.295 e. The highest BCUT2D eigenvalue weighted by Crippen LogP contribution is 2.25. The van der Waals surface area contributed by atoms with Gasteiger partial charge < -0.3 is 9.88 Å². The molecular formula is C24H24N6O4S. The molecule has 1 aliphatic rings. The molecule has 180 valence electrons. The molecule has 35 heavy (non-hydrogen) atoms. The Morgan fingerprint density at radius 1 is 0.971 bits per heavy atom. The summed E-state index contributed by atoms with van der Waals surface area (Å²) in [5, 5.41) is 4.97. The molecule has 5 rings (SSSR count). The van der Waals surface area contributed by atoms with Crippen molar-refractivity contribution in [3.63, 3.8) is 0 Å². The summed E-state index contributed by atoms with van der Waals surface area (Å²) in [6.45, 7) is 3.89. The Kier molecular flexibility index (Phi) is 5.73. The van der Waals surface area contributed by atoms with Gasteiger partial charge in [-0.15, -0.1) is 0 Å². The number of sulfonamides is 1. The number of carbonyl (C=O) groups is 2. The van der Waals surface area contributed by atoms with Crippen LogP contribution in [0.2, 0.25) is 0 Å². The second-order valence-electron chi connectivity index (χ2n) is 8.37. The number of piperazine rings is 1. The van der Waals surface area contributed by atoms with Gasteiger partial charge in [0.2, 0.25) is 10.0 Å². The SMILES string of the molecule is Cc1nn(-c2ccccc2)c(C)c1C(=O)C(=O)N1CCN(S(=O)(=O)c2c[nH]c3ncccc23)CC1. The number of aromatic amines is 1. The molecule has 4 aromatic rings. The van der Waals surface area contributed by atoms with E-state index in [0.29, 0.717) is 22.4 Å². The third-order valence-electron chi connectivity index (χ3n) is 6.27. The summed E-state index contributed by atoms with van der Waals surface area (Å²) in [5.74, 6) is -1.29. The standard InChI is InChI=1S/C24H24N6O4S/c1-16-21(17(2)30(27-16)18-7-4-3-5-8-18)22(31)24(32)28-11-13-29(14-12-28)35(33,34)20-15-26-23-19(20)9-6-10-25-23/h3-10,15H,11-14H2,1-2H3,(H,25,26). The highest BCUT2D eigenvalue weighted by molar-refractivity contribution is 7.89. The van der Waals surface area contributed by atoms with Gasteiger partial charge in [-0.2, -0.15) is 9.40 Å². The lowest BCUT2D eigenvalue weighted by Gasteiger charge is -2.33. The van der Waals surface area contributed by atoms with E-state index in [9.17, 15) is 18.0 Å². The number of aromatic nitrogens is 4.